The molecule has 2 atom stereocenters. The minimum atomic E-state index is 0.980. The Morgan fingerprint density at radius 2 is 1.88 bits per heavy atom. The van der Waals surface area contributed by atoms with Crippen LogP contribution in [0.1, 0.15) is 19.3 Å². The van der Waals surface area contributed by atoms with Crippen molar-refractivity contribution in [1.82, 2.24) is 0 Å². The van der Waals surface area contributed by atoms with E-state index >= 15 is 0 Å². The van der Waals surface area contributed by atoms with Gasteiger partial charge in [0.15, 0.2) is 0 Å². The quantitative estimate of drug-likeness (QED) is 0.727. The molecule has 1 aromatic heterocycles. The number of nitrogens with zero attached hydrogens (tertiary/aromatic N) is 1. The number of benzene rings is 1. The first-order valence-electron chi connectivity index (χ1n) is 6.62. The highest BCUT2D eigenvalue weighted by atomic mass is 32.1. The first-order valence-corrected chi connectivity index (χ1v) is 7.50. The van der Waals surface area contributed by atoms with Crippen molar-refractivity contribution in [1.29, 1.82) is 0 Å². The zero-order chi connectivity index (χ0) is 11.2. The van der Waals surface area contributed by atoms with Crippen LogP contribution in [0.2, 0.25) is 0 Å². The van der Waals surface area contributed by atoms with E-state index in [1.807, 2.05) is 11.3 Å². The summed E-state index contributed by atoms with van der Waals surface area (Å²) in [5.41, 5.74) is 1.44. The molecule has 1 aliphatic heterocycles. The van der Waals surface area contributed by atoms with Gasteiger partial charge in [0.2, 0.25) is 0 Å². The van der Waals surface area contributed by atoms with Gasteiger partial charge in [-0.1, -0.05) is 6.42 Å². The van der Waals surface area contributed by atoms with Crippen LogP contribution in [-0.2, 0) is 0 Å². The van der Waals surface area contributed by atoms with Crippen LogP contribution in [0, 0.1) is 11.8 Å². The van der Waals surface area contributed by atoms with Crippen LogP contribution in [0.15, 0.2) is 29.6 Å². The Labute approximate surface area is 106 Å². The highest BCUT2D eigenvalue weighted by molar-refractivity contribution is 7.17. The molecule has 1 aliphatic carbocycles. The molecule has 88 valence electrons. The van der Waals surface area contributed by atoms with E-state index in [0.717, 1.165) is 11.8 Å². The maximum atomic E-state index is 2.60. The van der Waals surface area contributed by atoms with Crippen LogP contribution < -0.4 is 4.90 Å². The Morgan fingerprint density at radius 3 is 2.71 bits per heavy atom. The minimum Gasteiger partial charge on any atom is -0.371 e. The smallest absolute Gasteiger partial charge is 0.0373 e. The summed E-state index contributed by atoms with van der Waals surface area (Å²) >= 11 is 1.84. The molecule has 0 amide bonds. The van der Waals surface area contributed by atoms with Crippen molar-refractivity contribution < 1.29 is 0 Å². The molecule has 4 rings (SSSR count). The summed E-state index contributed by atoms with van der Waals surface area (Å²) in [6, 6.07) is 9.19. The molecule has 2 aromatic rings. The van der Waals surface area contributed by atoms with Gasteiger partial charge in [0.05, 0.1) is 0 Å². The zero-order valence-electron chi connectivity index (χ0n) is 9.93. The van der Waals surface area contributed by atoms with E-state index in [-0.39, 0.29) is 0 Å². The number of hydrogen-bond donors (Lipinski definition) is 0. The van der Waals surface area contributed by atoms with Crippen molar-refractivity contribution in [2.75, 3.05) is 18.0 Å². The third kappa shape index (κ3) is 1.58. The van der Waals surface area contributed by atoms with Crippen LogP contribution in [0.4, 0.5) is 5.69 Å². The van der Waals surface area contributed by atoms with Crippen LogP contribution in [-0.4, -0.2) is 13.1 Å². The number of anilines is 1. The number of rotatable bonds is 1. The van der Waals surface area contributed by atoms with E-state index in [4.69, 9.17) is 0 Å². The maximum absolute atomic E-state index is 2.60. The van der Waals surface area contributed by atoms with Gasteiger partial charge in [-0.3, -0.25) is 0 Å². The summed E-state index contributed by atoms with van der Waals surface area (Å²) in [4.78, 5) is 2.60. The highest BCUT2D eigenvalue weighted by Gasteiger charge is 2.35. The molecule has 2 heteroatoms. The van der Waals surface area contributed by atoms with Gasteiger partial charge in [-0.05, 0) is 59.7 Å². The molecule has 17 heavy (non-hydrogen) atoms. The molecule has 0 N–H and O–H groups in total. The Kier molecular flexibility index (Phi) is 2.19. The molecule has 0 bridgehead atoms. The molecular formula is C15H17NS. The highest BCUT2D eigenvalue weighted by Crippen LogP contribution is 2.40. The van der Waals surface area contributed by atoms with Crippen LogP contribution >= 0.6 is 11.3 Å². The molecule has 2 fully saturated rings. The molecule has 1 saturated carbocycles. The van der Waals surface area contributed by atoms with Gasteiger partial charge in [-0.2, -0.15) is 0 Å². The van der Waals surface area contributed by atoms with Crippen molar-refractivity contribution in [3.8, 4) is 0 Å². The van der Waals surface area contributed by atoms with Crippen LogP contribution in [0.5, 0.6) is 0 Å². The number of hydrogen-bond acceptors (Lipinski definition) is 2. The Hall–Kier alpha value is -1.02. The van der Waals surface area contributed by atoms with Crippen molar-refractivity contribution in [3.63, 3.8) is 0 Å². The van der Waals surface area contributed by atoms with E-state index in [1.165, 1.54) is 48.1 Å². The van der Waals surface area contributed by atoms with Gasteiger partial charge in [0, 0.05) is 23.5 Å². The first-order chi connectivity index (χ1) is 8.40. The van der Waals surface area contributed by atoms with E-state index in [1.54, 1.807) is 0 Å². The lowest BCUT2D eigenvalue weighted by molar-refractivity contribution is 0.494. The summed E-state index contributed by atoms with van der Waals surface area (Å²) in [6.45, 7) is 2.58. The summed E-state index contributed by atoms with van der Waals surface area (Å²) in [5.74, 6) is 1.96. The third-order valence-electron chi connectivity index (χ3n) is 4.53. The average Bonchev–Trinajstić information content (AvgIpc) is 3.02. The molecule has 2 unspecified atom stereocenters. The monoisotopic (exact) mass is 243 g/mol. The topological polar surface area (TPSA) is 3.24 Å². The molecule has 1 saturated heterocycles. The largest absolute Gasteiger partial charge is 0.371 e. The molecule has 1 aromatic carbocycles. The summed E-state index contributed by atoms with van der Waals surface area (Å²) in [5, 5.41) is 3.59. The molecule has 2 heterocycles. The van der Waals surface area contributed by atoms with Gasteiger partial charge in [0.25, 0.3) is 0 Å². The fraction of sp³-hybridized carbons (Fsp3) is 0.467. The van der Waals surface area contributed by atoms with Crippen LogP contribution in [0.25, 0.3) is 10.1 Å². The van der Waals surface area contributed by atoms with E-state index in [9.17, 15) is 0 Å². The summed E-state index contributed by atoms with van der Waals surface area (Å²) in [6.07, 6.45) is 4.39. The van der Waals surface area contributed by atoms with Crippen molar-refractivity contribution in [2.45, 2.75) is 19.3 Å². The van der Waals surface area contributed by atoms with Crippen molar-refractivity contribution in [3.05, 3.63) is 29.6 Å². The standard InChI is InChI=1S/C15H17NS/c1-2-12-9-16(10-13(12)3-1)14-4-5-15-11(8-14)6-7-17-15/h4-8,12-13H,1-3,9-10H2. The van der Waals surface area contributed by atoms with E-state index in [2.05, 4.69) is 34.5 Å². The van der Waals surface area contributed by atoms with Crippen molar-refractivity contribution >= 4 is 27.1 Å². The second-order valence-electron chi connectivity index (χ2n) is 5.50. The average molecular weight is 243 g/mol. The SMILES string of the molecule is c1cc2cc(N3CC4CCCC4C3)ccc2s1. The van der Waals surface area contributed by atoms with Gasteiger partial charge in [-0.25, -0.2) is 0 Å². The number of thiophene rings is 1. The molecular weight excluding hydrogens is 226 g/mol. The van der Waals surface area contributed by atoms with Gasteiger partial charge < -0.3 is 4.90 Å². The molecule has 1 nitrogen and oxygen atoms in total. The normalized spacial score (nSPS) is 27.9. The van der Waals surface area contributed by atoms with Gasteiger partial charge >= 0.3 is 0 Å². The van der Waals surface area contributed by atoms with E-state index in [0.29, 0.717) is 0 Å². The Morgan fingerprint density at radius 1 is 1.06 bits per heavy atom. The fourth-order valence-corrected chi connectivity index (χ4v) is 4.37. The first kappa shape index (κ1) is 9.95. The van der Waals surface area contributed by atoms with Gasteiger partial charge in [0.1, 0.15) is 0 Å². The third-order valence-corrected chi connectivity index (χ3v) is 5.43. The second kappa shape index (κ2) is 3.74. The van der Waals surface area contributed by atoms with E-state index < -0.39 is 0 Å². The fourth-order valence-electron chi connectivity index (χ4n) is 3.60. The maximum Gasteiger partial charge on any atom is 0.0373 e. The molecule has 2 aliphatic rings. The summed E-state index contributed by atoms with van der Waals surface area (Å²) < 4.78 is 1.41. The lowest BCUT2D eigenvalue weighted by atomic mass is 10.0. The lowest BCUT2D eigenvalue weighted by Crippen LogP contribution is -2.20. The predicted octanol–water partition coefficient (Wildman–Crippen LogP) is 4.14. The predicted molar refractivity (Wildman–Crippen MR) is 74.9 cm³/mol. The van der Waals surface area contributed by atoms with Crippen LogP contribution in [0.3, 0.4) is 0 Å². The van der Waals surface area contributed by atoms with Crippen molar-refractivity contribution in [2.24, 2.45) is 11.8 Å². The second-order valence-corrected chi connectivity index (χ2v) is 6.45. The minimum absolute atomic E-state index is 0.980. The number of fused-ring (bicyclic) bond motifs is 2. The molecule has 0 spiro atoms. The Bertz CT molecular complexity index is 533. The summed E-state index contributed by atoms with van der Waals surface area (Å²) in [7, 11) is 0. The Balaban J connectivity index is 1.66. The van der Waals surface area contributed by atoms with Gasteiger partial charge in [-0.15, -0.1) is 11.3 Å². The lowest BCUT2D eigenvalue weighted by Gasteiger charge is -2.19. The molecule has 0 radical (unpaired) electrons. The zero-order valence-corrected chi connectivity index (χ0v) is 10.7.